The number of nitrogens with zero attached hydrogens (tertiary/aromatic N) is 1. The van der Waals surface area contributed by atoms with E-state index in [2.05, 4.69) is 15.5 Å². The van der Waals surface area contributed by atoms with Crippen LogP contribution in [0.15, 0.2) is 53.3 Å². The van der Waals surface area contributed by atoms with Gasteiger partial charge < -0.3 is 4.74 Å². The van der Waals surface area contributed by atoms with Crippen LogP contribution in [0.1, 0.15) is 31.0 Å². The van der Waals surface area contributed by atoms with Crippen molar-refractivity contribution < 1.29 is 9.53 Å². The maximum Gasteiger partial charge on any atom is 0.411 e. The second-order valence-electron chi connectivity index (χ2n) is 6.03. The van der Waals surface area contributed by atoms with Crippen LogP contribution in [-0.4, -0.2) is 22.9 Å². The minimum Gasteiger partial charge on any atom is -0.449 e. The van der Waals surface area contributed by atoms with Crippen molar-refractivity contribution in [3.8, 4) is 0 Å². The molecule has 0 bridgehead atoms. The Hall–Kier alpha value is -3.15. The minimum atomic E-state index is -0.445. The van der Waals surface area contributed by atoms with Gasteiger partial charge in [0.25, 0.3) is 5.56 Å². The highest BCUT2D eigenvalue weighted by Crippen LogP contribution is 2.18. The predicted molar refractivity (Wildman–Crippen MR) is 101 cm³/mol. The minimum absolute atomic E-state index is 0.189. The molecule has 0 radical (unpaired) electrons. The number of aromatic amines is 1. The molecule has 0 unspecified atom stereocenters. The SMILES string of the molecule is CCCCOC(=O)Nc1ccc(Cc2n[nH]c(=O)c3ccccc23)cc1. The Morgan fingerprint density at radius 3 is 2.58 bits per heavy atom. The monoisotopic (exact) mass is 351 g/mol. The van der Waals surface area contributed by atoms with E-state index in [-0.39, 0.29) is 5.56 Å². The van der Waals surface area contributed by atoms with E-state index < -0.39 is 6.09 Å². The van der Waals surface area contributed by atoms with Gasteiger partial charge in [-0.25, -0.2) is 9.89 Å². The van der Waals surface area contributed by atoms with Gasteiger partial charge in [-0.15, -0.1) is 0 Å². The lowest BCUT2D eigenvalue weighted by Gasteiger charge is -2.08. The maximum absolute atomic E-state index is 11.9. The van der Waals surface area contributed by atoms with Crippen molar-refractivity contribution in [3.05, 3.63) is 70.1 Å². The van der Waals surface area contributed by atoms with Gasteiger partial charge >= 0.3 is 6.09 Å². The number of amides is 1. The van der Waals surface area contributed by atoms with Crippen LogP contribution < -0.4 is 10.9 Å². The predicted octanol–water partition coefficient (Wildman–Crippen LogP) is 3.86. The lowest BCUT2D eigenvalue weighted by molar-refractivity contribution is 0.160. The van der Waals surface area contributed by atoms with Crippen LogP contribution in [0.3, 0.4) is 0 Å². The summed E-state index contributed by atoms with van der Waals surface area (Å²) in [4.78, 5) is 23.5. The second kappa shape index (κ2) is 8.29. The van der Waals surface area contributed by atoms with Gasteiger partial charge in [-0.2, -0.15) is 5.10 Å². The van der Waals surface area contributed by atoms with Crippen LogP contribution in [0.5, 0.6) is 0 Å². The van der Waals surface area contributed by atoms with Crippen molar-refractivity contribution in [1.29, 1.82) is 0 Å². The fraction of sp³-hybridized carbons (Fsp3) is 0.250. The third-order valence-corrected chi connectivity index (χ3v) is 4.08. The molecule has 0 aliphatic heterocycles. The number of rotatable bonds is 6. The normalized spacial score (nSPS) is 10.7. The average molecular weight is 351 g/mol. The number of ether oxygens (including phenoxy) is 1. The number of carbonyl (C=O) groups excluding carboxylic acids is 1. The number of nitrogens with one attached hydrogen (secondary N) is 2. The number of unbranched alkanes of at least 4 members (excludes halogenated alkanes) is 1. The van der Waals surface area contributed by atoms with E-state index in [1.165, 1.54) is 0 Å². The molecule has 0 spiro atoms. The van der Waals surface area contributed by atoms with Crippen LogP contribution >= 0.6 is 0 Å². The molecule has 26 heavy (non-hydrogen) atoms. The lowest BCUT2D eigenvalue weighted by atomic mass is 10.0. The molecule has 6 heteroatoms. The summed E-state index contributed by atoms with van der Waals surface area (Å²) in [6.07, 6.45) is 1.97. The zero-order chi connectivity index (χ0) is 18.4. The molecule has 0 atom stereocenters. The molecule has 1 aromatic heterocycles. The third kappa shape index (κ3) is 4.27. The van der Waals surface area contributed by atoms with Crippen LogP contribution in [0.25, 0.3) is 10.8 Å². The zero-order valence-corrected chi connectivity index (χ0v) is 14.6. The second-order valence-corrected chi connectivity index (χ2v) is 6.03. The third-order valence-electron chi connectivity index (χ3n) is 4.08. The summed E-state index contributed by atoms with van der Waals surface area (Å²) in [5.41, 5.74) is 2.32. The Labute approximate surface area is 151 Å². The van der Waals surface area contributed by atoms with Crippen molar-refractivity contribution in [2.24, 2.45) is 0 Å². The molecule has 2 aromatic carbocycles. The average Bonchev–Trinajstić information content (AvgIpc) is 2.66. The first-order valence-corrected chi connectivity index (χ1v) is 8.66. The van der Waals surface area contributed by atoms with Crippen LogP contribution in [0, 0.1) is 0 Å². The van der Waals surface area contributed by atoms with Gasteiger partial charge in [0.1, 0.15) is 0 Å². The molecule has 0 saturated carbocycles. The van der Waals surface area contributed by atoms with Gasteiger partial charge in [0.15, 0.2) is 0 Å². The Morgan fingerprint density at radius 2 is 1.85 bits per heavy atom. The van der Waals surface area contributed by atoms with Crippen molar-refractivity contribution in [3.63, 3.8) is 0 Å². The first-order valence-electron chi connectivity index (χ1n) is 8.66. The number of hydrogen-bond donors (Lipinski definition) is 2. The van der Waals surface area contributed by atoms with Gasteiger partial charge in [0, 0.05) is 17.5 Å². The molecule has 0 aliphatic carbocycles. The van der Waals surface area contributed by atoms with Gasteiger partial charge in [-0.05, 0) is 30.2 Å². The zero-order valence-electron chi connectivity index (χ0n) is 14.6. The van der Waals surface area contributed by atoms with E-state index in [0.29, 0.717) is 24.1 Å². The van der Waals surface area contributed by atoms with Gasteiger partial charge in [0.05, 0.1) is 17.7 Å². The fourth-order valence-electron chi connectivity index (χ4n) is 2.67. The molecule has 6 nitrogen and oxygen atoms in total. The number of carbonyl (C=O) groups is 1. The molecular weight excluding hydrogens is 330 g/mol. The topological polar surface area (TPSA) is 84.1 Å². The summed E-state index contributed by atoms with van der Waals surface area (Å²) in [7, 11) is 0. The maximum atomic E-state index is 11.9. The van der Waals surface area contributed by atoms with Gasteiger partial charge in [-0.1, -0.05) is 43.7 Å². The molecule has 0 aliphatic rings. The van der Waals surface area contributed by atoms with Crippen LogP contribution in [0.4, 0.5) is 10.5 Å². The largest absolute Gasteiger partial charge is 0.449 e. The molecule has 1 heterocycles. The van der Waals surface area contributed by atoms with Crippen molar-refractivity contribution in [2.45, 2.75) is 26.2 Å². The summed E-state index contributed by atoms with van der Waals surface area (Å²) >= 11 is 0. The number of H-pyrrole nitrogens is 1. The fourth-order valence-corrected chi connectivity index (χ4v) is 2.67. The van der Waals surface area contributed by atoms with Crippen LogP contribution in [-0.2, 0) is 11.2 Å². The van der Waals surface area contributed by atoms with E-state index in [1.54, 1.807) is 6.07 Å². The summed E-state index contributed by atoms with van der Waals surface area (Å²) in [5.74, 6) is 0. The van der Waals surface area contributed by atoms with E-state index in [9.17, 15) is 9.59 Å². The van der Waals surface area contributed by atoms with E-state index in [4.69, 9.17) is 4.74 Å². The Morgan fingerprint density at radius 1 is 1.12 bits per heavy atom. The van der Waals surface area contributed by atoms with E-state index in [1.807, 2.05) is 49.4 Å². The summed E-state index contributed by atoms with van der Waals surface area (Å²) in [5, 5.41) is 10.9. The first-order chi connectivity index (χ1) is 12.7. The standard InChI is InChI=1S/C20H21N3O3/c1-2-3-12-26-20(25)21-15-10-8-14(9-11-15)13-18-16-6-4-5-7-17(16)19(24)23-22-18/h4-11H,2-3,12-13H2,1H3,(H,21,25)(H,23,24). The number of benzene rings is 2. The van der Waals surface area contributed by atoms with E-state index >= 15 is 0 Å². The summed E-state index contributed by atoms with van der Waals surface area (Å²) < 4.78 is 5.08. The highest BCUT2D eigenvalue weighted by atomic mass is 16.5. The number of anilines is 1. The van der Waals surface area contributed by atoms with Crippen molar-refractivity contribution in [2.75, 3.05) is 11.9 Å². The molecule has 2 N–H and O–H groups in total. The highest BCUT2D eigenvalue weighted by molar-refractivity contribution is 5.85. The van der Waals surface area contributed by atoms with E-state index in [0.717, 1.165) is 29.5 Å². The highest BCUT2D eigenvalue weighted by Gasteiger charge is 2.08. The quantitative estimate of drug-likeness (QED) is 0.661. The number of hydrogen-bond acceptors (Lipinski definition) is 4. The van der Waals surface area contributed by atoms with Crippen LogP contribution in [0.2, 0.25) is 0 Å². The molecule has 3 rings (SSSR count). The number of aromatic nitrogens is 2. The Bertz CT molecular complexity index is 948. The molecule has 134 valence electrons. The lowest BCUT2D eigenvalue weighted by Crippen LogP contribution is -2.14. The van der Waals surface area contributed by atoms with Gasteiger partial charge in [0.2, 0.25) is 0 Å². The Balaban J connectivity index is 1.69. The number of fused-ring (bicyclic) bond motifs is 1. The molecular formula is C20H21N3O3. The molecule has 0 saturated heterocycles. The smallest absolute Gasteiger partial charge is 0.411 e. The molecule has 1 amide bonds. The summed E-state index contributed by atoms with van der Waals surface area (Å²) in [6.45, 7) is 2.46. The molecule has 0 fully saturated rings. The first kappa shape index (κ1) is 17.7. The van der Waals surface area contributed by atoms with Crippen molar-refractivity contribution in [1.82, 2.24) is 10.2 Å². The van der Waals surface area contributed by atoms with Crippen molar-refractivity contribution >= 4 is 22.6 Å². The Kier molecular flexibility index (Phi) is 5.63. The summed E-state index contributed by atoms with van der Waals surface area (Å²) in [6, 6.07) is 14.9. The molecule has 3 aromatic rings. The van der Waals surface area contributed by atoms with Gasteiger partial charge in [-0.3, -0.25) is 10.1 Å².